The van der Waals surface area contributed by atoms with E-state index in [4.69, 9.17) is 34.4 Å². The van der Waals surface area contributed by atoms with Gasteiger partial charge in [-0.25, -0.2) is 18.1 Å². The third-order valence-corrected chi connectivity index (χ3v) is 7.86. The van der Waals surface area contributed by atoms with Crippen LogP contribution in [0.4, 0.5) is 8.78 Å². The van der Waals surface area contributed by atoms with Crippen molar-refractivity contribution < 1.29 is 18.6 Å². The summed E-state index contributed by atoms with van der Waals surface area (Å²) >= 11 is 12.6. The van der Waals surface area contributed by atoms with Gasteiger partial charge < -0.3 is 9.84 Å². The minimum Gasteiger partial charge on any atom is -0.505 e. The average Bonchev–Trinajstić information content (AvgIpc) is 3.39. The molecule has 0 aliphatic carbocycles. The Balaban J connectivity index is 0.000000166. The van der Waals surface area contributed by atoms with Crippen LogP contribution in [-0.4, -0.2) is 30.4 Å². The normalized spacial score (nSPS) is 13.9. The smallest absolute Gasteiger partial charge is 0.276 e. The maximum Gasteiger partial charge on any atom is 0.276 e. The van der Waals surface area contributed by atoms with Gasteiger partial charge in [-0.2, -0.15) is 0 Å². The van der Waals surface area contributed by atoms with Crippen LogP contribution >= 0.6 is 23.2 Å². The van der Waals surface area contributed by atoms with Crippen LogP contribution in [-0.2, 0) is 26.2 Å². The molecule has 2 aromatic heterocycles. The minimum atomic E-state index is -0.719. The first-order valence-electron chi connectivity index (χ1n) is 13.1. The van der Waals surface area contributed by atoms with Crippen LogP contribution < -0.4 is 15.9 Å². The number of nitrogens with zero attached hydrogens (tertiary/aromatic N) is 4. The lowest BCUT2D eigenvalue weighted by Crippen LogP contribution is -2.27. The summed E-state index contributed by atoms with van der Waals surface area (Å²) in [7, 11) is 0. The van der Waals surface area contributed by atoms with Gasteiger partial charge in [0.25, 0.3) is 11.1 Å². The topological polar surface area (TPSA) is 83.3 Å². The fraction of sp³-hybridized carbons (Fsp3) is 0.310. The van der Waals surface area contributed by atoms with Gasteiger partial charge in [-0.05, 0) is 61.1 Å². The molecule has 0 atom stereocenters. The molecule has 2 aliphatic rings. The molecule has 2 aliphatic heterocycles. The van der Waals surface area contributed by atoms with Crippen LogP contribution in [0, 0.1) is 24.0 Å². The quantitative estimate of drug-likeness (QED) is 0.312. The summed E-state index contributed by atoms with van der Waals surface area (Å²) in [5.74, 6) is 0.563. The van der Waals surface area contributed by atoms with Crippen LogP contribution in [0.2, 0.25) is 10.3 Å². The van der Waals surface area contributed by atoms with Crippen molar-refractivity contribution in [1.82, 2.24) is 18.7 Å². The molecule has 41 heavy (non-hydrogen) atoms. The molecule has 0 amide bonds. The Morgan fingerprint density at radius 3 is 1.71 bits per heavy atom. The number of hydrogen-bond acceptors (Lipinski definition) is 4. The standard InChI is InChI=1S/C16H14ClFN2O2.C13H12ClFN2O2/c1-2-9-22-13-10-11(5-6-12(13)18)14-15(17)19-7-3-4-8-20(19)16(14)21;14-12-11(8-3-4-9(15)10(18)7-8)13(19)17-6-2-1-5-16(12)17/h1,5-6,10H,3-4,7-9H2;3-4,7,18H,1-2,5-6H2. The Hall–Kier alpha value is -3.94. The number of terminal acetylenes is 1. The van der Waals surface area contributed by atoms with Gasteiger partial charge in [-0.3, -0.25) is 19.0 Å². The molecular weight excluding hydrogens is 577 g/mol. The molecule has 0 radical (unpaired) electrons. The van der Waals surface area contributed by atoms with Crippen molar-refractivity contribution in [3.8, 4) is 46.1 Å². The highest BCUT2D eigenvalue weighted by Gasteiger charge is 2.24. The molecule has 8 nitrogen and oxygen atoms in total. The van der Waals surface area contributed by atoms with E-state index in [1.165, 1.54) is 30.3 Å². The zero-order valence-corrected chi connectivity index (χ0v) is 23.4. The number of halogens is 4. The predicted octanol–water partition coefficient (Wildman–Crippen LogP) is 5.52. The third-order valence-electron chi connectivity index (χ3n) is 7.09. The van der Waals surface area contributed by atoms with E-state index in [1.807, 2.05) is 0 Å². The number of ether oxygens (including phenoxy) is 1. The first-order chi connectivity index (χ1) is 19.7. The molecule has 0 fully saturated rings. The molecule has 1 N–H and O–H groups in total. The zero-order valence-electron chi connectivity index (χ0n) is 21.9. The summed E-state index contributed by atoms with van der Waals surface area (Å²) < 4.78 is 38.7. The highest BCUT2D eigenvalue weighted by Crippen LogP contribution is 2.32. The second kappa shape index (κ2) is 11.9. The van der Waals surface area contributed by atoms with E-state index < -0.39 is 17.4 Å². The molecule has 4 aromatic rings. The van der Waals surface area contributed by atoms with E-state index in [1.54, 1.807) is 18.7 Å². The summed E-state index contributed by atoms with van der Waals surface area (Å²) in [6.07, 6.45) is 8.95. The lowest BCUT2D eigenvalue weighted by molar-refractivity contribution is 0.348. The maximum absolute atomic E-state index is 13.7. The van der Waals surface area contributed by atoms with Crippen molar-refractivity contribution in [2.24, 2.45) is 0 Å². The molecule has 6 rings (SSSR count). The van der Waals surface area contributed by atoms with Crippen LogP contribution in [0.15, 0.2) is 46.0 Å². The number of benzene rings is 2. The van der Waals surface area contributed by atoms with E-state index in [2.05, 4.69) is 5.92 Å². The molecule has 4 heterocycles. The van der Waals surface area contributed by atoms with Gasteiger partial charge in [-0.15, -0.1) is 6.42 Å². The fourth-order valence-electron chi connectivity index (χ4n) is 5.09. The van der Waals surface area contributed by atoms with Crippen molar-refractivity contribution in [3.63, 3.8) is 0 Å². The van der Waals surface area contributed by atoms with E-state index >= 15 is 0 Å². The third kappa shape index (κ3) is 5.39. The monoisotopic (exact) mass is 602 g/mol. The Kier molecular flexibility index (Phi) is 8.29. The Morgan fingerprint density at radius 2 is 1.24 bits per heavy atom. The Morgan fingerprint density at radius 1 is 0.780 bits per heavy atom. The maximum atomic E-state index is 13.7. The number of phenols is 1. The van der Waals surface area contributed by atoms with Crippen LogP contribution in [0.3, 0.4) is 0 Å². The van der Waals surface area contributed by atoms with Crippen LogP contribution in [0.5, 0.6) is 11.5 Å². The van der Waals surface area contributed by atoms with E-state index in [9.17, 15) is 23.5 Å². The van der Waals surface area contributed by atoms with Crippen molar-refractivity contribution >= 4 is 23.2 Å². The van der Waals surface area contributed by atoms with Crippen molar-refractivity contribution in [2.45, 2.75) is 51.9 Å². The lowest BCUT2D eigenvalue weighted by Gasteiger charge is -2.17. The number of fused-ring (bicyclic) bond motifs is 2. The molecule has 0 saturated carbocycles. The van der Waals surface area contributed by atoms with Gasteiger partial charge in [0, 0.05) is 26.2 Å². The number of aromatic nitrogens is 4. The zero-order chi connectivity index (χ0) is 29.3. The van der Waals surface area contributed by atoms with Crippen molar-refractivity contribution in [2.75, 3.05) is 6.61 Å². The van der Waals surface area contributed by atoms with Gasteiger partial charge in [0.15, 0.2) is 23.1 Å². The SMILES string of the molecule is C#CCOc1cc(-c2c(Cl)n3n(c2=O)CCCC3)ccc1F.O=c1c(-c2ccc(F)c(O)c2)c(Cl)n2n1CCCC2. The summed E-state index contributed by atoms with van der Waals surface area (Å²) in [6.45, 7) is 2.63. The summed E-state index contributed by atoms with van der Waals surface area (Å²) in [5, 5.41) is 10.1. The second-order valence-corrected chi connectivity index (χ2v) is 10.4. The molecule has 0 bridgehead atoms. The predicted molar refractivity (Wildman–Crippen MR) is 153 cm³/mol. The largest absolute Gasteiger partial charge is 0.505 e. The van der Waals surface area contributed by atoms with Gasteiger partial charge >= 0.3 is 0 Å². The number of phenolic OH excluding ortho intramolecular Hbond substituents is 1. The minimum absolute atomic E-state index is 0.0140. The summed E-state index contributed by atoms with van der Waals surface area (Å²) in [6, 6.07) is 8.03. The van der Waals surface area contributed by atoms with E-state index in [0.29, 0.717) is 58.7 Å². The molecule has 12 heteroatoms. The molecule has 0 saturated heterocycles. The second-order valence-electron chi connectivity index (χ2n) is 9.65. The molecule has 214 valence electrons. The first-order valence-corrected chi connectivity index (χ1v) is 13.8. The van der Waals surface area contributed by atoms with Crippen molar-refractivity contribution in [3.05, 3.63) is 79.0 Å². The van der Waals surface area contributed by atoms with Crippen molar-refractivity contribution in [1.29, 1.82) is 0 Å². The number of aromatic hydroxyl groups is 1. The number of rotatable bonds is 4. The highest BCUT2D eigenvalue weighted by molar-refractivity contribution is 6.32. The van der Waals surface area contributed by atoms with E-state index in [-0.39, 0.29) is 23.5 Å². The molecule has 0 spiro atoms. The molecular formula is C29H26Cl2F2N4O4. The summed E-state index contributed by atoms with van der Waals surface area (Å²) in [4.78, 5) is 24.8. The average molecular weight is 603 g/mol. The Labute approximate surface area is 243 Å². The number of hydrogen-bond donors (Lipinski definition) is 1. The Bertz CT molecular complexity index is 1780. The van der Waals surface area contributed by atoms with Gasteiger partial charge in [0.2, 0.25) is 0 Å². The van der Waals surface area contributed by atoms with Crippen LogP contribution in [0.25, 0.3) is 22.3 Å². The summed E-state index contributed by atoms with van der Waals surface area (Å²) in [5.41, 5.74) is 1.28. The molecule has 2 aromatic carbocycles. The fourth-order valence-corrected chi connectivity index (χ4v) is 5.83. The first kappa shape index (κ1) is 28.6. The van der Waals surface area contributed by atoms with E-state index in [0.717, 1.165) is 31.7 Å². The van der Waals surface area contributed by atoms with Gasteiger partial charge in [0.1, 0.15) is 16.9 Å². The van der Waals surface area contributed by atoms with Gasteiger partial charge in [0.05, 0.1) is 11.1 Å². The van der Waals surface area contributed by atoms with Crippen LogP contribution in [0.1, 0.15) is 25.7 Å². The van der Waals surface area contributed by atoms with Gasteiger partial charge in [-0.1, -0.05) is 41.3 Å². The lowest BCUT2D eigenvalue weighted by atomic mass is 10.1. The molecule has 0 unspecified atom stereocenters. The highest BCUT2D eigenvalue weighted by atomic mass is 35.5.